The van der Waals surface area contributed by atoms with E-state index in [-0.39, 0.29) is 16.5 Å². The largest absolute Gasteiger partial charge is 0.324 e. The van der Waals surface area contributed by atoms with E-state index >= 15 is 0 Å². The maximum atomic E-state index is 12.3. The number of hydrogen-bond acceptors (Lipinski definition) is 6. The summed E-state index contributed by atoms with van der Waals surface area (Å²) in [5.74, 6) is -0.827. The zero-order valence-electron chi connectivity index (χ0n) is 14.7. The van der Waals surface area contributed by atoms with E-state index in [2.05, 4.69) is 15.8 Å². The average Bonchev–Trinajstić information content (AvgIpc) is 3.18. The van der Waals surface area contributed by atoms with Crippen LogP contribution < -0.4 is 10.7 Å². The Hall–Kier alpha value is -3.56. The van der Waals surface area contributed by atoms with Crippen LogP contribution in [0.1, 0.15) is 25.6 Å². The smallest absolute Gasteiger partial charge is 0.322 e. The van der Waals surface area contributed by atoms with E-state index in [0.29, 0.717) is 21.2 Å². The normalized spacial score (nSPS) is 10.7. The van der Waals surface area contributed by atoms with Gasteiger partial charge in [-0.2, -0.15) is 5.10 Å². The first kappa shape index (κ1) is 20.2. The molecular weight excluding hydrogens is 416 g/mol. The van der Waals surface area contributed by atoms with Crippen LogP contribution in [0.25, 0.3) is 0 Å². The van der Waals surface area contributed by atoms with Crippen molar-refractivity contribution in [1.82, 2.24) is 5.43 Å². The van der Waals surface area contributed by atoms with Gasteiger partial charge in [-0.15, -0.1) is 0 Å². The molecule has 0 atom stereocenters. The molecule has 2 amide bonds. The van der Waals surface area contributed by atoms with Gasteiger partial charge < -0.3 is 5.32 Å². The molecule has 2 aromatic carbocycles. The molecule has 0 aliphatic rings. The van der Waals surface area contributed by atoms with Crippen molar-refractivity contribution < 1.29 is 14.5 Å². The summed E-state index contributed by atoms with van der Waals surface area (Å²) in [6.07, 6.45) is 1.32. The maximum Gasteiger partial charge on any atom is 0.324 e. The Balaban J connectivity index is 1.62. The van der Waals surface area contributed by atoms with Gasteiger partial charge in [-0.1, -0.05) is 29.0 Å². The van der Waals surface area contributed by atoms with Gasteiger partial charge >= 0.3 is 5.00 Å². The molecule has 3 aromatic rings. The number of nitro groups is 1. The number of nitrogens with one attached hydrogen (secondary N) is 2. The van der Waals surface area contributed by atoms with Gasteiger partial charge in [0, 0.05) is 27.9 Å². The van der Waals surface area contributed by atoms with Crippen molar-refractivity contribution in [2.45, 2.75) is 0 Å². The van der Waals surface area contributed by atoms with Crippen molar-refractivity contribution in [2.75, 3.05) is 5.32 Å². The van der Waals surface area contributed by atoms with Crippen LogP contribution in [0.5, 0.6) is 0 Å². The third-order valence-electron chi connectivity index (χ3n) is 3.64. The van der Waals surface area contributed by atoms with Crippen LogP contribution in [0, 0.1) is 10.1 Å². The summed E-state index contributed by atoms with van der Waals surface area (Å²) in [6, 6.07) is 15.7. The molecule has 8 nitrogen and oxygen atoms in total. The van der Waals surface area contributed by atoms with Gasteiger partial charge in [0.1, 0.15) is 0 Å². The second kappa shape index (κ2) is 9.09. The molecule has 0 radical (unpaired) electrons. The number of carbonyl (C=O) groups excluding carboxylic acids is 2. The summed E-state index contributed by atoms with van der Waals surface area (Å²) in [4.78, 5) is 35.2. The summed E-state index contributed by atoms with van der Waals surface area (Å²) < 4.78 is 0. The summed E-state index contributed by atoms with van der Waals surface area (Å²) in [5.41, 5.74) is 3.50. The summed E-state index contributed by atoms with van der Waals surface area (Å²) in [6.45, 7) is 0. The number of thiophene rings is 1. The third-order valence-corrected chi connectivity index (χ3v) is 4.86. The molecule has 0 aliphatic carbocycles. The SMILES string of the molecule is O=C(N/N=C\c1ccc([N+](=O)[O-])s1)c1cccc(NC(=O)c2ccc(Cl)cc2)c1. The molecule has 0 fully saturated rings. The van der Waals surface area contributed by atoms with Gasteiger partial charge in [-0.05, 0) is 48.5 Å². The predicted molar refractivity (Wildman–Crippen MR) is 112 cm³/mol. The average molecular weight is 429 g/mol. The first-order chi connectivity index (χ1) is 13.9. The molecular formula is C19H13ClN4O4S. The Morgan fingerprint density at radius 3 is 2.48 bits per heavy atom. The van der Waals surface area contributed by atoms with Crippen molar-refractivity contribution in [1.29, 1.82) is 0 Å². The first-order valence-electron chi connectivity index (χ1n) is 8.17. The maximum absolute atomic E-state index is 12.3. The Bertz CT molecular complexity index is 1100. The molecule has 0 saturated carbocycles. The van der Waals surface area contributed by atoms with E-state index in [0.717, 1.165) is 11.3 Å². The molecule has 10 heteroatoms. The molecule has 1 aromatic heterocycles. The van der Waals surface area contributed by atoms with Crippen LogP contribution in [0.4, 0.5) is 10.7 Å². The highest BCUT2D eigenvalue weighted by atomic mass is 35.5. The number of halogens is 1. The van der Waals surface area contributed by atoms with Crippen molar-refractivity contribution >= 4 is 51.7 Å². The number of carbonyl (C=O) groups is 2. The van der Waals surface area contributed by atoms with E-state index in [1.165, 1.54) is 24.4 Å². The van der Waals surface area contributed by atoms with E-state index in [1.54, 1.807) is 42.5 Å². The standard InChI is InChI=1S/C19H13ClN4O4S/c20-14-6-4-12(5-7-14)18(25)22-15-3-1-2-13(10-15)19(26)23-21-11-16-8-9-17(29-16)24(27)28/h1-11H,(H,22,25)(H,23,26)/b21-11-. The molecule has 2 N–H and O–H groups in total. The zero-order valence-corrected chi connectivity index (χ0v) is 16.2. The number of rotatable bonds is 6. The minimum absolute atomic E-state index is 0.0121. The van der Waals surface area contributed by atoms with Crippen molar-refractivity contribution in [3.8, 4) is 0 Å². The molecule has 146 valence electrons. The Kier molecular flexibility index (Phi) is 6.32. The van der Waals surface area contributed by atoms with Gasteiger partial charge in [0.15, 0.2) is 0 Å². The van der Waals surface area contributed by atoms with Crippen LogP contribution in [-0.2, 0) is 0 Å². The van der Waals surface area contributed by atoms with Crippen LogP contribution >= 0.6 is 22.9 Å². The lowest BCUT2D eigenvalue weighted by Crippen LogP contribution is -2.18. The Labute approximate surface area is 174 Å². The summed E-state index contributed by atoms with van der Waals surface area (Å²) >= 11 is 6.75. The number of hydrazone groups is 1. The highest BCUT2D eigenvalue weighted by Crippen LogP contribution is 2.22. The second-order valence-corrected chi connectivity index (χ2v) is 7.20. The zero-order chi connectivity index (χ0) is 20.8. The predicted octanol–water partition coefficient (Wildman–Crippen LogP) is 4.33. The summed E-state index contributed by atoms with van der Waals surface area (Å²) in [5, 5.41) is 17.7. The van der Waals surface area contributed by atoms with Gasteiger partial charge in [-0.3, -0.25) is 19.7 Å². The number of nitrogens with zero attached hydrogens (tertiary/aromatic N) is 2. The fourth-order valence-electron chi connectivity index (χ4n) is 2.27. The number of hydrogen-bond donors (Lipinski definition) is 2. The fraction of sp³-hybridized carbons (Fsp3) is 0. The van der Waals surface area contributed by atoms with Crippen molar-refractivity contribution in [3.63, 3.8) is 0 Å². The second-order valence-electron chi connectivity index (χ2n) is 5.67. The van der Waals surface area contributed by atoms with E-state index in [1.807, 2.05) is 0 Å². The number of amides is 2. The van der Waals surface area contributed by atoms with Gasteiger partial charge in [0.05, 0.1) is 16.0 Å². The topological polar surface area (TPSA) is 114 Å². The van der Waals surface area contributed by atoms with E-state index in [9.17, 15) is 19.7 Å². The molecule has 1 heterocycles. The molecule has 29 heavy (non-hydrogen) atoms. The van der Waals surface area contributed by atoms with Crippen molar-refractivity contribution in [2.24, 2.45) is 5.10 Å². The number of benzene rings is 2. The molecule has 3 rings (SSSR count). The van der Waals surface area contributed by atoms with E-state index < -0.39 is 10.8 Å². The third kappa shape index (κ3) is 5.47. The van der Waals surface area contributed by atoms with Gasteiger partial charge in [-0.25, -0.2) is 5.43 Å². The Morgan fingerprint density at radius 1 is 1.03 bits per heavy atom. The number of anilines is 1. The highest BCUT2D eigenvalue weighted by Gasteiger charge is 2.10. The summed E-state index contributed by atoms with van der Waals surface area (Å²) in [7, 11) is 0. The van der Waals surface area contributed by atoms with Crippen LogP contribution in [0.3, 0.4) is 0 Å². The quantitative estimate of drug-likeness (QED) is 0.345. The highest BCUT2D eigenvalue weighted by molar-refractivity contribution is 7.16. The monoisotopic (exact) mass is 428 g/mol. The Morgan fingerprint density at radius 2 is 1.79 bits per heavy atom. The minimum atomic E-state index is -0.496. The van der Waals surface area contributed by atoms with Crippen LogP contribution in [0.15, 0.2) is 65.8 Å². The lowest BCUT2D eigenvalue weighted by molar-refractivity contribution is -0.380. The first-order valence-corrected chi connectivity index (χ1v) is 9.36. The van der Waals surface area contributed by atoms with Gasteiger partial charge in [0.25, 0.3) is 11.8 Å². The van der Waals surface area contributed by atoms with Crippen LogP contribution in [0.2, 0.25) is 5.02 Å². The molecule has 0 unspecified atom stereocenters. The lowest BCUT2D eigenvalue weighted by Gasteiger charge is -2.07. The molecule has 0 bridgehead atoms. The van der Waals surface area contributed by atoms with Gasteiger partial charge in [0.2, 0.25) is 0 Å². The fourth-order valence-corrected chi connectivity index (χ4v) is 3.09. The lowest BCUT2D eigenvalue weighted by atomic mass is 10.1. The molecule has 0 spiro atoms. The molecule has 0 saturated heterocycles. The van der Waals surface area contributed by atoms with Crippen LogP contribution in [-0.4, -0.2) is 23.0 Å². The van der Waals surface area contributed by atoms with Crippen molar-refractivity contribution in [3.05, 3.63) is 91.8 Å². The molecule has 0 aliphatic heterocycles. The minimum Gasteiger partial charge on any atom is -0.322 e. The van der Waals surface area contributed by atoms with E-state index in [4.69, 9.17) is 11.6 Å².